The molecular formula is C12H22NO6P. The largest absolute Gasteiger partial charge is 0.376 e. The molecule has 0 heterocycles. The number of hydrogen-bond acceptors (Lipinski definition) is 4. The second-order valence-electron chi connectivity index (χ2n) is 4.50. The smallest absolute Gasteiger partial charge is 0.344 e. The Balaban J connectivity index is 4.61. The van der Waals surface area contributed by atoms with Crippen LogP contribution in [0.1, 0.15) is 6.92 Å². The molecule has 0 unspecified atom stereocenters. The van der Waals surface area contributed by atoms with Gasteiger partial charge >= 0.3 is 7.60 Å². The molecule has 0 aliphatic heterocycles. The van der Waals surface area contributed by atoms with Crippen molar-refractivity contribution in [3.63, 3.8) is 0 Å². The van der Waals surface area contributed by atoms with Crippen LogP contribution in [0, 0.1) is 5.41 Å². The molecule has 116 valence electrons. The van der Waals surface area contributed by atoms with Gasteiger partial charge in [0.25, 0.3) is 0 Å². The quantitative estimate of drug-likeness (QED) is 0.294. The maximum Gasteiger partial charge on any atom is 0.344 e. The SMILES string of the molecule is C=CCOCC(C)(COCC=C)C(=O)NCP(=O)(O)O. The van der Waals surface area contributed by atoms with Crippen molar-refractivity contribution in [2.45, 2.75) is 6.92 Å². The fraction of sp³-hybridized carbons (Fsp3) is 0.583. The number of rotatable bonds is 11. The van der Waals surface area contributed by atoms with E-state index >= 15 is 0 Å². The van der Waals surface area contributed by atoms with Crippen LogP contribution in [0.4, 0.5) is 0 Å². The molecule has 20 heavy (non-hydrogen) atoms. The van der Waals surface area contributed by atoms with E-state index in [0.717, 1.165) is 0 Å². The Hall–Kier alpha value is -0.980. The van der Waals surface area contributed by atoms with Crippen LogP contribution < -0.4 is 5.32 Å². The van der Waals surface area contributed by atoms with Gasteiger partial charge in [-0.15, -0.1) is 13.2 Å². The molecule has 0 rings (SSSR count). The number of hydrogen-bond donors (Lipinski definition) is 3. The number of nitrogens with one attached hydrogen (secondary N) is 1. The minimum atomic E-state index is -4.30. The molecule has 0 saturated carbocycles. The van der Waals surface area contributed by atoms with Gasteiger partial charge in [0.15, 0.2) is 0 Å². The minimum absolute atomic E-state index is 0.0448. The first kappa shape index (κ1) is 19.0. The molecule has 0 bridgehead atoms. The van der Waals surface area contributed by atoms with Crippen LogP contribution in [-0.4, -0.2) is 48.4 Å². The van der Waals surface area contributed by atoms with Gasteiger partial charge in [-0.1, -0.05) is 12.2 Å². The minimum Gasteiger partial charge on any atom is -0.376 e. The van der Waals surface area contributed by atoms with E-state index in [1.165, 1.54) is 0 Å². The summed E-state index contributed by atoms with van der Waals surface area (Å²) in [5.74, 6) is -0.547. The van der Waals surface area contributed by atoms with Crippen LogP contribution in [0.5, 0.6) is 0 Å². The Labute approximate surface area is 118 Å². The molecule has 1 amide bonds. The Morgan fingerprint density at radius 3 is 2.05 bits per heavy atom. The van der Waals surface area contributed by atoms with Gasteiger partial charge in [0.2, 0.25) is 5.91 Å². The second-order valence-corrected chi connectivity index (χ2v) is 6.14. The lowest BCUT2D eigenvalue weighted by Gasteiger charge is -2.27. The number of amides is 1. The Morgan fingerprint density at radius 1 is 1.25 bits per heavy atom. The van der Waals surface area contributed by atoms with Gasteiger partial charge in [-0.05, 0) is 6.92 Å². The van der Waals surface area contributed by atoms with E-state index in [-0.39, 0.29) is 26.4 Å². The molecule has 7 nitrogen and oxygen atoms in total. The van der Waals surface area contributed by atoms with Gasteiger partial charge in [0.1, 0.15) is 6.29 Å². The van der Waals surface area contributed by atoms with Crippen LogP contribution in [0.15, 0.2) is 25.3 Å². The van der Waals surface area contributed by atoms with Gasteiger partial charge in [0, 0.05) is 0 Å². The molecule has 8 heteroatoms. The third kappa shape index (κ3) is 8.24. The Bertz CT molecular complexity index is 364. The van der Waals surface area contributed by atoms with E-state index < -0.39 is 25.2 Å². The molecule has 0 spiro atoms. The number of carbonyl (C=O) groups excluding carboxylic acids is 1. The number of ether oxygens (including phenoxy) is 2. The normalized spacial score (nSPS) is 11.9. The lowest BCUT2D eigenvalue weighted by molar-refractivity contribution is -0.137. The van der Waals surface area contributed by atoms with Crippen LogP contribution in [-0.2, 0) is 18.8 Å². The summed E-state index contributed by atoms with van der Waals surface area (Å²) in [4.78, 5) is 29.6. The maximum atomic E-state index is 12.0. The Morgan fingerprint density at radius 2 is 1.70 bits per heavy atom. The summed E-state index contributed by atoms with van der Waals surface area (Å²) in [6.07, 6.45) is 2.36. The summed E-state index contributed by atoms with van der Waals surface area (Å²) >= 11 is 0. The summed E-state index contributed by atoms with van der Waals surface area (Å²) in [5.41, 5.74) is -1.05. The van der Waals surface area contributed by atoms with Crippen molar-refractivity contribution in [2.75, 3.05) is 32.7 Å². The molecule has 0 aliphatic carbocycles. The maximum absolute atomic E-state index is 12.0. The summed E-state index contributed by atoms with van der Waals surface area (Å²) in [6, 6.07) is 0. The topological polar surface area (TPSA) is 105 Å². The third-order valence-electron chi connectivity index (χ3n) is 2.31. The zero-order valence-electron chi connectivity index (χ0n) is 11.6. The highest BCUT2D eigenvalue weighted by Crippen LogP contribution is 2.32. The predicted molar refractivity (Wildman–Crippen MR) is 75.2 cm³/mol. The average Bonchev–Trinajstić information content (AvgIpc) is 2.35. The highest BCUT2D eigenvalue weighted by atomic mass is 31.2. The zero-order chi connectivity index (χ0) is 15.6. The van der Waals surface area contributed by atoms with Crippen LogP contribution in [0.2, 0.25) is 0 Å². The van der Waals surface area contributed by atoms with Crippen LogP contribution in [0.3, 0.4) is 0 Å². The lowest BCUT2D eigenvalue weighted by atomic mass is 9.92. The third-order valence-corrected chi connectivity index (χ3v) is 2.88. The molecule has 0 aliphatic rings. The van der Waals surface area contributed by atoms with Gasteiger partial charge < -0.3 is 24.6 Å². The monoisotopic (exact) mass is 307 g/mol. The first-order valence-corrected chi connectivity index (χ1v) is 7.75. The van der Waals surface area contributed by atoms with Gasteiger partial charge in [-0.25, -0.2) is 0 Å². The van der Waals surface area contributed by atoms with Crippen molar-refractivity contribution in [3.8, 4) is 0 Å². The molecule has 0 aromatic carbocycles. The highest BCUT2D eigenvalue weighted by Gasteiger charge is 2.35. The molecule has 0 aromatic heterocycles. The molecule has 3 N–H and O–H groups in total. The summed E-state index contributed by atoms with van der Waals surface area (Å²) < 4.78 is 21.3. The first-order valence-electron chi connectivity index (χ1n) is 5.95. The van der Waals surface area contributed by atoms with Crippen molar-refractivity contribution in [1.29, 1.82) is 0 Å². The standard InChI is InChI=1S/C12H22NO6P/c1-4-6-18-8-12(3,9-19-7-5-2)11(14)13-10-20(15,16)17/h4-5H,1-2,6-10H2,3H3,(H,13,14)(H2,15,16,17). The van der Waals surface area contributed by atoms with E-state index in [0.29, 0.717) is 0 Å². The van der Waals surface area contributed by atoms with E-state index in [9.17, 15) is 9.36 Å². The fourth-order valence-corrected chi connectivity index (χ4v) is 1.65. The van der Waals surface area contributed by atoms with Crippen molar-refractivity contribution < 1.29 is 28.6 Å². The average molecular weight is 307 g/mol. The van der Waals surface area contributed by atoms with Crippen molar-refractivity contribution in [3.05, 3.63) is 25.3 Å². The van der Waals surface area contributed by atoms with E-state index in [1.54, 1.807) is 19.1 Å². The van der Waals surface area contributed by atoms with Crippen LogP contribution in [0.25, 0.3) is 0 Å². The molecule has 0 aromatic rings. The van der Waals surface area contributed by atoms with E-state index in [4.69, 9.17) is 19.3 Å². The summed E-state index contributed by atoms with van der Waals surface area (Å²) in [6.45, 7) is 9.21. The molecule has 0 fully saturated rings. The molecule has 0 saturated heterocycles. The van der Waals surface area contributed by atoms with Gasteiger partial charge in [0.05, 0.1) is 31.8 Å². The number of carbonyl (C=O) groups is 1. The van der Waals surface area contributed by atoms with Crippen molar-refractivity contribution in [1.82, 2.24) is 5.32 Å². The van der Waals surface area contributed by atoms with Gasteiger partial charge in [-0.2, -0.15) is 0 Å². The molecule has 0 atom stereocenters. The van der Waals surface area contributed by atoms with Crippen molar-refractivity contribution in [2.24, 2.45) is 5.41 Å². The lowest BCUT2D eigenvalue weighted by Crippen LogP contribution is -2.45. The fourth-order valence-electron chi connectivity index (χ4n) is 1.30. The predicted octanol–water partition coefficient (Wildman–Crippen LogP) is 0.649. The van der Waals surface area contributed by atoms with Crippen LogP contribution >= 0.6 is 7.60 Å². The summed E-state index contributed by atoms with van der Waals surface area (Å²) in [7, 11) is -4.30. The second kappa shape index (κ2) is 9.05. The van der Waals surface area contributed by atoms with Gasteiger partial charge in [-0.3, -0.25) is 9.36 Å². The summed E-state index contributed by atoms with van der Waals surface area (Å²) in [5, 5.41) is 2.20. The Kier molecular flexibility index (Phi) is 8.60. The highest BCUT2D eigenvalue weighted by molar-refractivity contribution is 7.51. The van der Waals surface area contributed by atoms with E-state index in [2.05, 4.69) is 18.5 Å². The van der Waals surface area contributed by atoms with E-state index in [1.807, 2.05) is 0 Å². The zero-order valence-corrected chi connectivity index (χ0v) is 12.5. The molecular weight excluding hydrogens is 285 g/mol. The van der Waals surface area contributed by atoms with Crippen molar-refractivity contribution >= 4 is 13.5 Å². The molecule has 0 radical (unpaired) electrons. The first-order chi connectivity index (χ1) is 9.25.